The molecule has 6 nitrogen and oxygen atoms in total. The maximum absolute atomic E-state index is 13.2. The van der Waals surface area contributed by atoms with Crippen molar-refractivity contribution in [2.24, 2.45) is 0 Å². The first-order valence-electron chi connectivity index (χ1n) is 5.98. The van der Waals surface area contributed by atoms with Crippen LogP contribution in [0.2, 0.25) is 0 Å². The maximum atomic E-state index is 13.2. The minimum Gasteiger partial charge on any atom is -0.369 e. The zero-order chi connectivity index (χ0) is 15.1. The highest BCUT2D eigenvalue weighted by atomic mass is 32.2. The minimum atomic E-state index is -3.34. The Bertz CT molecular complexity index is 752. The maximum Gasteiger partial charge on any atom is 0.209 e. The Hall–Kier alpha value is -1.67. The zero-order valence-electron chi connectivity index (χ0n) is 11.5. The van der Waals surface area contributed by atoms with Crippen LogP contribution in [0.4, 0.5) is 10.3 Å². The van der Waals surface area contributed by atoms with Crippen molar-refractivity contribution < 1.29 is 12.8 Å². The van der Waals surface area contributed by atoms with Crippen molar-refractivity contribution in [2.45, 2.75) is 25.9 Å². The lowest BCUT2D eigenvalue weighted by Gasteiger charge is -2.26. The van der Waals surface area contributed by atoms with Gasteiger partial charge < -0.3 is 10.3 Å². The molecule has 0 saturated heterocycles. The van der Waals surface area contributed by atoms with Crippen molar-refractivity contribution in [1.82, 2.24) is 14.3 Å². The fraction of sp³-hybridized carbons (Fsp3) is 0.417. The van der Waals surface area contributed by atoms with E-state index < -0.39 is 21.4 Å². The van der Waals surface area contributed by atoms with E-state index >= 15 is 0 Å². The van der Waals surface area contributed by atoms with Crippen LogP contribution in [0.5, 0.6) is 0 Å². The Balaban J connectivity index is 2.41. The molecular weight excluding hydrogens is 283 g/mol. The Labute approximate surface area is 116 Å². The Morgan fingerprint density at radius 2 is 2.10 bits per heavy atom. The molecule has 3 N–H and O–H groups in total. The second kappa shape index (κ2) is 4.71. The molecule has 0 fully saturated rings. The summed E-state index contributed by atoms with van der Waals surface area (Å²) in [7, 11) is -3.34. The van der Waals surface area contributed by atoms with Crippen LogP contribution >= 0.6 is 0 Å². The van der Waals surface area contributed by atoms with Gasteiger partial charge in [-0.3, -0.25) is 0 Å². The summed E-state index contributed by atoms with van der Waals surface area (Å²) in [5, 5.41) is 0. The highest BCUT2D eigenvalue weighted by Gasteiger charge is 2.24. The number of nitrogens with two attached hydrogens (primary N) is 1. The average Bonchev–Trinajstić information content (AvgIpc) is 2.50. The molecule has 20 heavy (non-hydrogen) atoms. The third-order valence-corrected chi connectivity index (χ3v) is 3.68. The number of nitrogens with one attached hydrogen (secondary N) is 1. The van der Waals surface area contributed by atoms with Gasteiger partial charge in [0.15, 0.2) is 0 Å². The first-order valence-corrected chi connectivity index (χ1v) is 7.87. The number of benzene rings is 1. The largest absolute Gasteiger partial charge is 0.369 e. The van der Waals surface area contributed by atoms with E-state index in [1.165, 1.54) is 12.1 Å². The molecule has 0 spiro atoms. The van der Waals surface area contributed by atoms with Gasteiger partial charge in [0.1, 0.15) is 5.82 Å². The summed E-state index contributed by atoms with van der Waals surface area (Å²) >= 11 is 0. The van der Waals surface area contributed by atoms with Crippen molar-refractivity contribution >= 4 is 27.0 Å². The highest BCUT2D eigenvalue weighted by Crippen LogP contribution is 2.21. The van der Waals surface area contributed by atoms with Gasteiger partial charge in [0, 0.05) is 18.2 Å². The predicted octanol–water partition coefficient (Wildman–Crippen LogP) is 1.09. The number of rotatable bonds is 4. The van der Waals surface area contributed by atoms with Crippen LogP contribution in [0.3, 0.4) is 0 Å². The van der Waals surface area contributed by atoms with Gasteiger partial charge in [0.2, 0.25) is 16.0 Å². The van der Waals surface area contributed by atoms with E-state index in [1.54, 1.807) is 24.5 Å². The summed E-state index contributed by atoms with van der Waals surface area (Å²) in [6, 6.07) is 4.18. The van der Waals surface area contributed by atoms with Crippen molar-refractivity contribution in [2.75, 3.05) is 12.0 Å². The number of fused-ring (bicyclic) bond motifs is 1. The van der Waals surface area contributed by atoms with E-state index in [0.717, 1.165) is 6.26 Å². The second-order valence-electron chi connectivity index (χ2n) is 5.45. The smallest absolute Gasteiger partial charge is 0.209 e. The lowest BCUT2D eigenvalue weighted by Crippen LogP contribution is -2.46. The third kappa shape index (κ3) is 3.26. The number of halogens is 1. The van der Waals surface area contributed by atoms with Gasteiger partial charge in [-0.25, -0.2) is 22.5 Å². The summed E-state index contributed by atoms with van der Waals surface area (Å²) in [6.07, 6.45) is 1.10. The zero-order valence-corrected chi connectivity index (χ0v) is 12.3. The molecule has 0 amide bonds. The van der Waals surface area contributed by atoms with Crippen LogP contribution < -0.4 is 10.5 Å². The van der Waals surface area contributed by atoms with Crippen LogP contribution in [0.15, 0.2) is 18.2 Å². The van der Waals surface area contributed by atoms with Gasteiger partial charge in [-0.15, -0.1) is 0 Å². The molecule has 2 rings (SSSR count). The summed E-state index contributed by atoms with van der Waals surface area (Å²) in [6.45, 7) is 3.76. The summed E-state index contributed by atoms with van der Waals surface area (Å²) in [4.78, 5) is 4.08. The molecule has 0 aliphatic rings. The number of hydrogen-bond donors (Lipinski definition) is 2. The minimum absolute atomic E-state index is 0.217. The molecule has 1 aromatic carbocycles. The van der Waals surface area contributed by atoms with E-state index in [4.69, 9.17) is 5.73 Å². The van der Waals surface area contributed by atoms with Crippen LogP contribution in [0.1, 0.15) is 13.8 Å². The van der Waals surface area contributed by atoms with Gasteiger partial charge in [0.25, 0.3) is 0 Å². The number of anilines is 1. The molecule has 0 bridgehead atoms. The summed E-state index contributed by atoms with van der Waals surface area (Å²) in [5.74, 6) is -0.176. The van der Waals surface area contributed by atoms with Crippen molar-refractivity contribution in [3.63, 3.8) is 0 Å². The van der Waals surface area contributed by atoms with E-state index in [0.29, 0.717) is 11.0 Å². The first-order chi connectivity index (χ1) is 9.07. The standard InChI is InChI=1S/C12H17FN4O2S/c1-12(2,16-20(3,18)19)7-17-10-5-4-8(13)6-9(10)15-11(17)14/h4-6,16H,7H2,1-3H3,(H2,14,15). The molecule has 0 aliphatic heterocycles. The van der Waals surface area contributed by atoms with Crippen molar-refractivity contribution in [1.29, 1.82) is 0 Å². The molecule has 8 heteroatoms. The summed E-state index contributed by atoms with van der Waals surface area (Å²) in [5.41, 5.74) is 6.18. The van der Waals surface area contributed by atoms with Gasteiger partial charge >= 0.3 is 0 Å². The molecular formula is C12H17FN4O2S. The van der Waals surface area contributed by atoms with E-state index in [1.807, 2.05) is 0 Å². The molecule has 0 saturated carbocycles. The molecule has 1 heterocycles. The van der Waals surface area contributed by atoms with Crippen LogP contribution in [0.25, 0.3) is 11.0 Å². The number of sulfonamides is 1. The quantitative estimate of drug-likeness (QED) is 0.884. The molecule has 110 valence electrons. The van der Waals surface area contributed by atoms with Crippen LogP contribution in [0, 0.1) is 5.82 Å². The number of nitrogens with zero attached hydrogens (tertiary/aromatic N) is 2. The average molecular weight is 300 g/mol. The van der Waals surface area contributed by atoms with Crippen LogP contribution in [-0.2, 0) is 16.6 Å². The monoisotopic (exact) mass is 300 g/mol. The highest BCUT2D eigenvalue weighted by molar-refractivity contribution is 7.88. The SMILES string of the molecule is CC(C)(Cn1c(N)nc2cc(F)ccc21)NS(C)(=O)=O. The first kappa shape index (κ1) is 14.7. The molecule has 0 aliphatic carbocycles. The van der Waals surface area contributed by atoms with Gasteiger partial charge in [0.05, 0.1) is 17.3 Å². The lowest BCUT2D eigenvalue weighted by atomic mass is 10.1. The van der Waals surface area contributed by atoms with E-state index in [2.05, 4.69) is 9.71 Å². The fourth-order valence-electron chi connectivity index (χ4n) is 2.22. The van der Waals surface area contributed by atoms with E-state index in [-0.39, 0.29) is 12.5 Å². The number of hydrogen-bond acceptors (Lipinski definition) is 4. The van der Waals surface area contributed by atoms with Gasteiger partial charge in [-0.1, -0.05) is 0 Å². The van der Waals surface area contributed by atoms with Gasteiger partial charge in [-0.05, 0) is 26.0 Å². The lowest BCUT2D eigenvalue weighted by molar-refractivity contribution is 0.398. The Morgan fingerprint density at radius 3 is 2.70 bits per heavy atom. The third-order valence-electron chi connectivity index (χ3n) is 2.75. The number of imidazole rings is 1. The molecule has 1 aromatic heterocycles. The Kier molecular flexibility index (Phi) is 3.47. The molecule has 2 aromatic rings. The predicted molar refractivity (Wildman–Crippen MR) is 76.2 cm³/mol. The molecule has 0 atom stereocenters. The Morgan fingerprint density at radius 1 is 1.45 bits per heavy atom. The number of aromatic nitrogens is 2. The molecule has 0 unspecified atom stereocenters. The normalized spacial score (nSPS) is 13.0. The van der Waals surface area contributed by atoms with E-state index in [9.17, 15) is 12.8 Å². The van der Waals surface area contributed by atoms with Gasteiger partial charge in [-0.2, -0.15) is 0 Å². The topological polar surface area (TPSA) is 90.0 Å². The second-order valence-corrected chi connectivity index (χ2v) is 7.20. The number of nitrogen functional groups attached to an aromatic ring is 1. The summed E-state index contributed by atoms with van der Waals surface area (Å²) < 4.78 is 40.1. The van der Waals surface area contributed by atoms with Crippen molar-refractivity contribution in [3.05, 3.63) is 24.0 Å². The molecule has 0 radical (unpaired) electrons. The van der Waals surface area contributed by atoms with Crippen LogP contribution in [-0.4, -0.2) is 29.8 Å². The van der Waals surface area contributed by atoms with Crippen molar-refractivity contribution in [3.8, 4) is 0 Å². The fourth-order valence-corrected chi connectivity index (χ4v) is 3.29.